The van der Waals surface area contributed by atoms with Crippen molar-refractivity contribution in [1.82, 2.24) is 0 Å². The number of anilines is 2. The molecule has 0 fully saturated rings. The third-order valence-corrected chi connectivity index (χ3v) is 4.65. The molecule has 1 amide bonds. The molecule has 0 unspecified atom stereocenters. The van der Waals surface area contributed by atoms with Gasteiger partial charge in [0, 0.05) is 16.8 Å². The first-order chi connectivity index (χ1) is 12.1. The predicted octanol–water partition coefficient (Wildman–Crippen LogP) is 3.53. The van der Waals surface area contributed by atoms with Crippen LogP contribution < -0.4 is 14.4 Å². The molecule has 0 saturated carbocycles. The van der Waals surface area contributed by atoms with Crippen molar-refractivity contribution in [2.75, 3.05) is 22.4 Å². The van der Waals surface area contributed by atoms with Crippen molar-refractivity contribution in [3.63, 3.8) is 0 Å². The number of sulfonamides is 1. The van der Waals surface area contributed by atoms with Crippen molar-refractivity contribution in [1.29, 1.82) is 0 Å². The Morgan fingerprint density at radius 1 is 1.19 bits per heavy atom. The summed E-state index contributed by atoms with van der Waals surface area (Å²) in [4.78, 5) is 12.3. The molecule has 6 nitrogen and oxygen atoms in total. The molecule has 1 N–H and O–H groups in total. The van der Waals surface area contributed by atoms with E-state index in [1.54, 1.807) is 48.5 Å². The molecule has 0 saturated heterocycles. The van der Waals surface area contributed by atoms with Gasteiger partial charge >= 0.3 is 0 Å². The molecule has 0 aromatic heterocycles. The van der Waals surface area contributed by atoms with Crippen LogP contribution in [0.25, 0.3) is 0 Å². The number of hydrogen-bond acceptors (Lipinski definition) is 4. The highest BCUT2D eigenvalue weighted by molar-refractivity contribution is 7.92. The third-order valence-electron chi connectivity index (χ3n) is 3.27. The molecule has 26 heavy (non-hydrogen) atoms. The minimum atomic E-state index is -3.67. The summed E-state index contributed by atoms with van der Waals surface area (Å²) in [6.07, 6.45) is 0.999. The standard InChI is InChI=1S/C18H21ClN2O4S/c1-13(2)25-17-9-5-8-16(11-17)21(26(3,23)24)12-18(22)20-15-7-4-6-14(19)10-15/h4-11,13H,12H2,1-3H3,(H,20,22). The summed E-state index contributed by atoms with van der Waals surface area (Å²) >= 11 is 5.89. The van der Waals surface area contributed by atoms with Crippen LogP contribution >= 0.6 is 11.6 Å². The van der Waals surface area contributed by atoms with Crippen molar-refractivity contribution in [3.8, 4) is 5.75 Å². The normalized spacial score (nSPS) is 11.3. The Labute approximate surface area is 158 Å². The average molecular weight is 397 g/mol. The quantitative estimate of drug-likeness (QED) is 0.776. The van der Waals surface area contributed by atoms with E-state index >= 15 is 0 Å². The SMILES string of the molecule is CC(C)Oc1cccc(N(CC(=O)Nc2cccc(Cl)c2)S(C)(=O)=O)c1. The van der Waals surface area contributed by atoms with Crippen LogP contribution in [-0.2, 0) is 14.8 Å². The van der Waals surface area contributed by atoms with E-state index in [1.807, 2.05) is 13.8 Å². The van der Waals surface area contributed by atoms with Crippen LogP contribution in [0.15, 0.2) is 48.5 Å². The van der Waals surface area contributed by atoms with Gasteiger partial charge in [0.2, 0.25) is 15.9 Å². The number of hydrogen-bond donors (Lipinski definition) is 1. The highest BCUT2D eigenvalue weighted by Gasteiger charge is 2.21. The number of amides is 1. The molecule has 0 atom stereocenters. The Kier molecular flexibility index (Phi) is 6.50. The van der Waals surface area contributed by atoms with Crippen LogP contribution in [0.2, 0.25) is 5.02 Å². The maximum Gasteiger partial charge on any atom is 0.245 e. The molecule has 2 aromatic rings. The molecule has 140 valence electrons. The molecule has 0 spiro atoms. The van der Waals surface area contributed by atoms with Gasteiger partial charge in [-0.15, -0.1) is 0 Å². The van der Waals surface area contributed by atoms with Crippen LogP contribution in [0.5, 0.6) is 5.75 Å². The van der Waals surface area contributed by atoms with Crippen molar-refractivity contribution in [2.24, 2.45) is 0 Å². The van der Waals surface area contributed by atoms with Gasteiger partial charge in [-0.05, 0) is 44.2 Å². The number of carbonyl (C=O) groups excluding carboxylic acids is 1. The summed E-state index contributed by atoms with van der Waals surface area (Å²) in [6.45, 7) is 3.38. The fraction of sp³-hybridized carbons (Fsp3) is 0.278. The lowest BCUT2D eigenvalue weighted by atomic mass is 10.3. The van der Waals surface area contributed by atoms with E-state index in [2.05, 4.69) is 5.32 Å². The van der Waals surface area contributed by atoms with E-state index in [0.29, 0.717) is 22.1 Å². The van der Waals surface area contributed by atoms with Gasteiger partial charge in [0.05, 0.1) is 18.0 Å². The summed E-state index contributed by atoms with van der Waals surface area (Å²) < 4.78 is 31.0. The lowest BCUT2D eigenvalue weighted by Crippen LogP contribution is -2.37. The smallest absolute Gasteiger partial charge is 0.245 e. The lowest BCUT2D eigenvalue weighted by molar-refractivity contribution is -0.114. The fourth-order valence-electron chi connectivity index (χ4n) is 2.28. The van der Waals surface area contributed by atoms with Crippen molar-refractivity contribution in [3.05, 3.63) is 53.6 Å². The van der Waals surface area contributed by atoms with Crippen molar-refractivity contribution in [2.45, 2.75) is 20.0 Å². The first kappa shape index (κ1) is 20.1. The van der Waals surface area contributed by atoms with Crippen LogP contribution in [-0.4, -0.2) is 33.2 Å². The number of benzene rings is 2. The van der Waals surface area contributed by atoms with Crippen LogP contribution in [0, 0.1) is 0 Å². The fourth-order valence-corrected chi connectivity index (χ4v) is 3.32. The molecule has 0 aliphatic rings. The summed E-state index contributed by atoms with van der Waals surface area (Å²) in [5.74, 6) is 0.0503. The molecule has 2 aromatic carbocycles. The molecular formula is C18H21ClN2O4S. The van der Waals surface area contributed by atoms with E-state index in [9.17, 15) is 13.2 Å². The molecule has 0 bridgehead atoms. The average Bonchev–Trinajstić information content (AvgIpc) is 2.51. The Hall–Kier alpha value is -2.25. The Morgan fingerprint density at radius 2 is 1.88 bits per heavy atom. The second kappa shape index (κ2) is 8.42. The number of carbonyl (C=O) groups is 1. The molecular weight excluding hydrogens is 376 g/mol. The Balaban J connectivity index is 2.22. The summed E-state index contributed by atoms with van der Waals surface area (Å²) in [6, 6.07) is 13.2. The Bertz CT molecular complexity index is 884. The van der Waals surface area contributed by atoms with E-state index in [-0.39, 0.29) is 12.6 Å². The third kappa shape index (κ3) is 5.93. The zero-order valence-electron chi connectivity index (χ0n) is 14.8. The van der Waals surface area contributed by atoms with E-state index in [1.165, 1.54) is 0 Å². The van der Waals surface area contributed by atoms with Gasteiger partial charge in [-0.25, -0.2) is 8.42 Å². The van der Waals surface area contributed by atoms with Crippen molar-refractivity contribution >= 4 is 38.9 Å². The number of halogens is 1. The van der Waals surface area contributed by atoms with E-state index in [4.69, 9.17) is 16.3 Å². The van der Waals surface area contributed by atoms with Gasteiger partial charge in [-0.3, -0.25) is 9.10 Å². The first-order valence-corrected chi connectivity index (χ1v) is 10.2. The van der Waals surface area contributed by atoms with Gasteiger partial charge in [0.15, 0.2) is 0 Å². The lowest BCUT2D eigenvalue weighted by Gasteiger charge is -2.22. The zero-order valence-corrected chi connectivity index (χ0v) is 16.3. The highest BCUT2D eigenvalue weighted by Crippen LogP contribution is 2.24. The number of nitrogens with zero attached hydrogens (tertiary/aromatic N) is 1. The molecule has 8 heteroatoms. The minimum Gasteiger partial charge on any atom is -0.491 e. The van der Waals surface area contributed by atoms with E-state index < -0.39 is 15.9 Å². The van der Waals surface area contributed by atoms with Crippen LogP contribution in [0.4, 0.5) is 11.4 Å². The van der Waals surface area contributed by atoms with Gasteiger partial charge in [-0.1, -0.05) is 23.7 Å². The van der Waals surface area contributed by atoms with Crippen LogP contribution in [0.1, 0.15) is 13.8 Å². The maximum atomic E-state index is 12.3. The number of rotatable bonds is 7. The number of ether oxygens (including phenoxy) is 1. The largest absolute Gasteiger partial charge is 0.491 e. The molecule has 0 aliphatic heterocycles. The van der Waals surface area contributed by atoms with Crippen molar-refractivity contribution < 1.29 is 17.9 Å². The topological polar surface area (TPSA) is 75.7 Å². The highest BCUT2D eigenvalue weighted by atomic mass is 35.5. The number of nitrogens with one attached hydrogen (secondary N) is 1. The van der Waals surface area contributed by atoms with Gasteiger partial charge in [0.25, 0.3) is 0 Å². The Morgan fingerprint density at radius 3 is 2.50 bits per heavy atom. The second-order valence-corrected chi connectivity index (χ2v) is 8.34. The zero-order chi connectivity index (χ0) is 19.3. The summed E-state index contributed by atoms with van der Waals surface area (Å²) in [7, 11) is -3.67. The van der Waals surface area contributed by atoms with Gasteiger partial charge in [-0.2, -0.15) is 0 Å². The molecule has 0 aliphatic carbocycles. The summed E-state index contributed by atoms with van der Waals surface area (Å²) in [5.41, 5.74) is 0.847. The summed E-state index contributed by atoms with van der Waals surface area (Å²) in [5, 5.41) is 3.11. The molecule has 0 heterocycles. The monoisotopic (exact) mass is 396 g/mol. The van der Waals surface area contributed by atoms with E-state index in [0.717, 1.165) is 10.6 Å². The second-order valence-electron chi connectivity index (χ2n) is 5.99. The predicted molar refractivity (Wildman–Crippen MR) is 104 cm³/mol. The van der Waals surface area contributed by atoms with Crippen LogP contribution in [0.3, 0.4) is 0 Å². The minimum absolute atomic E-state index is 0.0527. The molecule has 2 rings (SSSR count). The van der Waals surface area contributed by atoms with Gasteiger partial charge in [0.1, 0.15) is 12.3 Å². The maximum absolute atomic E-state index is 12.3. The molecule has 0 radical (unpaired) electrons. The first-order valence-electron chi connectivity index (χ1n) is 7.95. The van der Waals surface area contributed by atoms with Gasteiger partial charge < -0.3 is 10.1 Å².